The van der Waals surface area contributed by atoms with Crippen molar-refractivity contribution in [1.82, 2.24) is 14.5 Å². The second-order valence-corrected chi connectivity index (χ2v) is 6.46. The first-order valence-electron chi connectivity index (χ1n) is 6.16. The minimum atomic E-state index is -4.29. The number of hydrogen-bond acceptors (Lipinski definition) is 7. The van der Waals surface area contributed by atoms with Gasteiger partial charge in [-0.3, -0.25) is 19.1 Å². The van der Waals surface area contributed by atoms with E-state index in [2.05, 4.69) is 14.6 Å². The van der Waals surface area contributed by atoms with Crippen molar-refractivity contribution in [3.8, 4) is 0 Å². The minimum Gasteiger partial charge on any atom is -0.311 e. The summed E-state index contributed by atoms with van der Waals surface area (Å²) in [7, 11) is -4.29. The molecule has 0 saturated heterocycles. The van der Waals surface area contributed by atoms with Gasteiger partial charge in [0.25, 0.3) is 5.56 Å². The number of anilines is 1. The van der Waals surface area contributed by atoms with E-state index < -0.39 is 13.3 Å². The summed E-state index contributed by atoms with van der Waals surface area (Å²) >= 11 is 0.766. The number of H-pyrrole nitrogens is 1. The van der Waals surface area contributed by atoms with Crippen molar-refractivity contribution in [2.24, 2.45) is 5.50 Å². The van der Waals surface area contributed by atoms with Gasteiger partial charge in [-0.25, -0.2) is 15.5 Å². The van der Waals surface area contributed by atoms with Gasteiger partial charge in [0.15, 0.2) is 5.65 Å². The summed E-state index contributed by atoms with van der Waals surface area (Å²) in [5, 5.41) is 0. The Morgan fingerprint density at radius 3 is 2.91 bits per heavy atom. The molecular weight excluding hydrogens is 333 g/mol. The molecule has 2 aromatic rings. The van der Waals surface area contributed by atoms with Gasteiger partial charge < -0.3 is 4.89 Å². The fraction of sp³-hybridized carbons (Fsp3) is 0.300. The smallest absolute Gasteiger partial charge is 0.311 e. The Balaban J connectivity index is 2.44. The summed E-state index contributed by atoms with van der Waals surface area (Å²) in [4.78, 5) is 38.6. The molecule has 2 rings (SSSR count). The van der Waals surface area contributed by atoms with Crippen LogP contribution in [0, 0.1) is 0 Å². The lowest BCUT2D eigenvalue weighted by atomic mass is 10.4. The van der Waals surface area contributed by atoms with Crippen LogP contribution >= 0.6 is 19.1 Å². The first kappa shape index (κ1) is 16.6. The molecule has 5 N–H and O–H groups in total. The molecule has 0 amide bonds. The third kappa shape index (κ3) is 3.90. The van der Waals surface area contributed by atoms with Crippen LogP contribution in [-0.2, 0) is 15.7 Å². The van der Waals surface area contributed by atoms with Crippen molar-refractivity contribution in [3.63, 3.8) is 0 Å². The number of hydrogen-bond donors (Lipinski definition) is 4. The van der Waals surface area contributed by atoms with Crippen LogP contribution in [0.1, 0.15) is 13.3 Å². The highest BCUT2D eigenvalue weighted by atomic mass is 32.1. The third-order valence-electron chi connectivity index (χ3n) is 2.49. The van der Waals surface area contributed by atoms with Crippen molar-refractivity contribution in [2.75, 3.05) is 5.48 Å². The Kier molecular flexibility index (Phi) is 4.94. The molecule has 0 saturated carbocycles. The quantitative estimate of drug-likeness (QED) is 0.335. The number of allylic oxidation sites excluding steroid dienone is 2. The molecule has 0 aromatic carbocycles. The number of aromatic amines is 1. The van der Waals surface area contributed by atoms with Gasteiger partial charge in [0.05, 0.1) is 0 Å². The van der Waals surface area contributed by atoms with Gasteiger partial charge in [-0.1, -0.05) is 30.4 Å². The van der Waals surface area contributed by atoms with Crippen LogP contribution in [0.15, 0.2) is 21.7 Å². The average Bonchev–Trinajstić information content (AvgIpc) is 2.74. The molecule has 10 nitrogen and oxygen atoms in total. The molecule has 0 spiro atoms. The van der Waals surface area contributed by atoms with E-state index in [1.54, 1.807) is 6.08 Å². The maximum Gasteiger partial charge on any atom is 0.421 e. The van der Waals surface area contributed by atoms with Crippen LogP contribution in [0.2, 0.25) is 0 Å². The van der Waals surface area contributed by atoms with Gasteiger partial charge >= 0.3 is 12.6 Å². The molecule has 2 aromatic heterocycles. The lowest BCUT2D eigenvalue weighted by Crippen LogP contribution is -2.16. The van der Waals surface area contributed by atoms with Gasteiger partial charge in [0.2, 0.25) is 5.95 Å². The van der Waals surface area contributed by atoms with Crippen LogP contribution < -0.4 is 21.4 Å². The van der Waals surface area contributed by atoms with E-state index in [-0.39, 0.29) is 27.7 Å². The first-order valence-corrected chi connectivity index (χ1v) is 8.62. The zero-order valence-electron chi connectivity index (χ0n) is 11.5. The highest BCUT2D eigenvalue weighted by Gasteiger charge is 2.16. The fourth-order valence-electron chi connectivity index (χ4n) is 1.62. The molecule has 120 valence electrons. The fourth-order valence-corrected chi connectivity index (χ4v) is 2.67. The van der Waals surface area contributed by atoms with Crippen LogP contribution in [0.4, 0.5) is 5.95 Å². The topological polar surface area (TPSA) is 152 Å². The van der Waals surface area contributed by atoms with Crippen molar-refractivity contribution in [1.29, 1.82) is 0 Å². The molecule has 0 aliphatic rings. The molecule has 0 radical (unpaired) electrons. The molecule has 0 aliphatic heterocycles. The lowest BCUT2D eigenvalue weighted by Gasteiger charge is -2.07. The average molecular weight is 347 g/mol. The zero-order valence-corrected chi connectivity index (χ0v) is 13.2. The van der Waals surface area contributed by atoms with Crippen molar-refractivity contribution < 1.29 is 14.1 Å². The normalized spacial score (nSPS) is 14.5. The SMILES string of the molecule is CC/C=C\Cn1c(=O)sc2c(=O)[nH]c(NOP(N)(=O)O)nc21. The van der Waals surface area contributed by atoms with Gasteiger partial charge in [-0.05, 0) is 6.42 Å². The molecule has 0 bridgehead atoms. The minimum absolute atomic E-state index is 0.149. The molecule has 22 heavy (non-hydrogen) atoms. The molecule has 12 heteroatoms. The second-order valence-electron chi connectivity index (χ2n) is 4.18. The maximum atomic E-state index is 11.9. The number of fused-ring (bicyclic) bond motifs is 1. The van der Waals surface area contributed by atoms with Crippen LogP contribution in [0.25, 0.3) is 10.3 Å². The van der Waals surface area contributed by atoms with Crippen LogP contribution in [0.3, 0.4) is 0 Å². The number of nitrogens with one attached hydrogen (secondary N) is 2. The Bertz CT molecular complexity index is 863. The van der Waals surface area contributed by atoms with E-state index in [4.69, 9.17) is 10.4 Å². The predicted molar refractivity (Wildman–Crippen MR) is 82.7 cm³/mol. The lowest BCUT2D eigenvalue weighted by molar-refractivity contribution is 0.310. The van der Waals surface area contributed by atoms with Crippen molar-refractivity contribution >= 4 is 35.4 Å². The number of thiazole rings is 1. The van der Waals surface area contributed by atoms with Crippen LogP contribution in [-0.4, -0.2) is 19.4 Å². The summed E-state index contributed by atoms with van der Waals surface area (Å²) in [5.41, 5.74) is 6.36. The number of aromatic nitrogens is 3. The zero-order chi connectivity index (χ0) is 16.3. The molecule has 2 heterocycles. The van der Waals surface area contributed by atoms with E-state index in [1.165, 1.54) is 4.57 Å². The Hall–Kier alpha value is -1.78. The highest BCUT2D eigenvalue weighted by molar-refractivity contribution is 7.50. The largest absolute Gasteiger partial charge is 0.421 e. The Morgan fingerprint density at radius 1 is 1.55 bits per heavy atom. The summed E-state index contributed by atoms with van der Waals surface area (Å²) in [6, 6.07) is 0. The monoisotopic (exact) mass is 347 g/mol. The highest BCUT2D eigenvalue weighted by Crippen LogP contribution is 2.30. The van der Waals surface area contributed by atoms with E-state index in [0.717, 1.165) is 17.8 Å². The summed E-state index contributed by atoms with van der Waals surface area (Å²) in [6.45, 7) is 2.21. The second kappa shape index (κ2) is 6.55. The Morgan fingerprint density at radius 2 is 2.27 bits per heavy atom. The summed E-state index contributed by atoms with van der Waals surface area (Å²) < 4.78 is 16.6. The number of rotatable bonds is 6. The maximum absolute atomic E-state index is 11.9. The standard InChI is InChI=1S/C10H14N5O5PS/c1-2-3-4-5-15-7-6(22-10(15)17)8(16)13-9(12-7)14-20-21(11,18)19/h3-4H,2,5H2,1H3,(H3,11,18,19)(H2,12,13,14,16)/b4-3-. The van der Waals surface area contributed by atoms with Gasteiger partial charge in [0, 0.05) is 6.54 Å². The third-order valence-corrected chi connectivity index (χ3v) is 3.81. The van der Waals surface area contributed by atoms with E-state index >= 15 is 0 Å². The van der Waals surface area contributed by atoms with Crippen molar-refractivity contribution in [3.05, 3.63) is 32.2 Å². The van der Waals surface area contributed by atoms with E-state index in [1.807, 2.05) is 18.5 Å². The predicted octanol–water partition coefficient (Wildman–Crippen LogP) is 0.515. The van der Waals surface area contributed by atoms with Gasteiger partial charge in [-0.15, -0.1) is 0 Å². The molecule has 0 aliphatic carbocycles. The first-order chi connectivity index (χ1) is 10.3. The van der Waals surface area contributed by atoms with Gasteiger partial charge in [0.1, 0.15) is 4.70 Å². The van der Waals surface area contributed by atoms with Gasteiger partial charge in [-0.2, -0.15) is 9.61 Å². The molecule has 1 unspecified atom stereocenters. The van der Waals surface area contributed by atoms with Crippen molar-refractivity contribution in [2.45, 2.75) is 19.9 Å². The van der Waals surface area contributed by atoms with E-state index in [9.17, 15) is 14.2 Å². The summed E-state index contributed by atoms with van der Waals surface area (Å²) in [6.07, 6.45) is 4.47. The number of nitrogens with zero attached hydrogens (tertiary/aromatic N) is 2. The van der Waals surface area contributed by atoms with E-state index in [0.29, 0.717) is 0 Å². The number of nitrogens with two attached hydrogens (primary N) is 1. The molecule has 0 fully saturated rings. The van der Waals surface area contributed by atoms with Crippen LogP contribution in [0.5, 0.6) is 0 Å². The molecule has 1 atom stereocenters. The molecular formula is C10H14N5O5PS. The Labute approximate surface area is 127 Å². The summed E-state index contributed by atoms with van der Waals surface area (Å²) in [5.74, 6) is -0.233.